The summed E-state index contributed by atoms with van der Waals surface area (Å²) in [5.41, 5.74) is 4.19. The van der Waals surface area contributed by atoms with Crippen LogP contribution in [0.3, 0.4) is 0 Å². The first-order valence-electron chi connectivity index (χ1n) is 5.18. The van der Waals surface area contributed by atoms with Crippen molar-refractivity contribution >= 4 is 11.3 Å². The summed E-state index contributed by atoms with van der Waals surface area (Å²) in [6.07, 6.45) is 0. The number of ether oxygens (including phenoxy) is 1. The van der Waals surface area contributed by atoms with Crippen LogP contribution in [0.1, 0.15) is 25.1 Å². The molecule has 0 aliphatic rings. The summed E-state index contributed by atoms with van der Waals surface area (Å²) < 4.78 is 5.16. The SMILES string of the molecule is COc1ccc(C(C)(C)c2cscn2)cc1. The summed E-state index contributed by atoms with van der Waals surface area (Å²) in [6.45, 7) is 4.37. The Hall–Kier alpha value is -1.35. The quantitative estimate of drug-likeness (QED) is 0.809. The minimum absolute atomic E-state index is 0.0493. The first kappa shape index (κ1) is 11.1. The fourth-order valence-electron chi connectivity index (χ4n) is 1.68. The summed E-state index contributed by atoms with van der Waals surface area (Å²) >= 11 is 1.63. The Kier molecular flexibility index (Phi) is 2.97. The summed E-state index contributed by atoms with van der Waals surface area (Å²) in [7, 11) is 1.68. The van der Waals surface area contributed by atoms with E-state index in [4.69, 9.17) is 4.74 Å². The molecule has 0 unspecified atom stereocenters. The van der Waals surface area contributed by atoms with E-state index in [0.717, 1.165) is 11.4 Å². The lowest BCUT2D eigenvalue weighted by Crippen LogP contribution is -2.19. The Balaban J connectivity index is 2.35. The van der Waals surface area contributed by atoms with E-state index in [2.05, 4.69) is 36.3 Å². The molecule has 0 amide bonds. The minimum Gasteiger partial charge on any atom is -0.497 e. The first-order valence-corrected chi connectivity index (χ1v) is 6.12. The van der Waals surface area contributed by atoms with Crippen molar-refractivity contribution < 1.29 is 4.74 Å². The zero-order valence-electron chi connectivity index (χ0n) is 9.73. The van der Waals surface area contributed by atoms with Gasteiger partial charge in [0, 0.05) is 10.8 Å². The molecule has 2 nitrogen and oxygen atoms in total. The molecule has 0 radical (unpaired) electrons. The molecule has 3 heteroatoms. The highest BCUT2D eigenvalue weighted by molar-refractivity contribution is 7.07. The summed E-state index contributed by atoms with van der Waals surface area (Å²) in [5.74, 6) is 0.887. The minimum atomic E-state index is -0.0493. The van der Waals surface area contributed by atoms with Crippen LogP contribution in [0, 0.1) is 0 Å². The van der Waals surface area contributed by atoms with Crippen LogP contribution in [0.5, 0.6) is 5.75 Å². The summed E-state index contributed by atoms with van der Waals surface area (Å²) in [5, 5.41) is 2.10. The molecule has 0 aliphatic heterocycles. The maximum atomic E-state index is 5.16. The smallest absolute Gasteiger partial charge is 0.118 e. The first-order chi connectivity index (χ1) is 7.64. The third-order valence-electron chi connectivity index (χ3n) is 2.88. The van der Waals surface area contributed by atoms with Crippen molar-refractivity contribution in [3.05, 3.63) is 46.4 Å². The number of aromatic nitrogens is 1. The Morgan fingerprint density at radius 1 is 1.19 bits per heavy atom. The Morgan fingerprint density at radius 2 is 1.88 bits per heavy atom. The Labute approximate surface area is 99.9 Å². The van der Waals surface area contributed by atoms with Gasteiger partial charge in [0.2, 0.25) is 0 Å². The van der Waals surface area contributed by atoms with Gasteiger partial charge in [-0.05, 0) is 17.7 Å². The predicted molar refractivity (Wildman–Crippen MR) is 67.2 cm³/mol. The monoisotopic (exact) mass is 233 g/mol. The number of hydrogen-bond donors (Lipinski definition) is 0. The average molecular weight is 233 g/mol. The highest BCUT2D eigenvalue weighted by Gasteiger charge is 2.24. The van der Waals surface area contributed by atoms with Crippen molar-refractivity contribution in [3.63, 3.8) is 0 Å². The van der Waals surface area contributed by atoms with Crippen LogP contribution in [0.4, 0.5) is 0 Å². The number of methoxy groups -OCH3 is 1. The van der Waals surface area contributed by atoms with Gasteiger partial charge in [-0.3, -0.25) is 0 Å². The van der Waals surface area contributed by atoms with Gasteiger partial charge in [0.05, 0.1) is 18.3 Å². The zero-order valence-corrected chi connectivity index (χ0v) is 10.5. The van der Waals surface area contributed by atoms with Crippen molar-refractivity contribution in [3.8, 4) is 5.75 Å². The second kappa shape index (κ2) is 4.26. The molecule has 0 atom stereocenters. The molecule has 0 saturated carbocycles. The molecule has 2 aromatic rings. The third kappa shape index (κ3) is 1.95. The number of hydrogen-bond acceptors (Lipinski definition) is 3. The van der Waals surface area contributed by atoms with Gasteiger partial charge < -0.3 is 4.74 Å². The predicted octanol–water partition coefficient (Wildman–Crippen LogP) is 3.48. The molecule has 1 heterocycles. The lowest BCUT2D eigenvalue weighted by Gasteiger charge is -2.23. The highest BCUT2D eigenvalue weighted by Crippen LogP contribution is 2.31. The molecule has 0 saturated heterocycles. The number of nitrogens with zero attached hydrogens (tertiary/aromatic N) is 1. The van der Waals surface area contributed by atoms with E-state index in [9.17, 15) is 0 Å². The molecule has 0 fully saturated rings. The largest absolute Gasteiger partial charge is 0.497 e. The average Bonchev–Trinajstić information content (AvgIpc) is 2.83. The van der Waals surface area contributed by atoms with E-state index < -0.39 is 0 Å². The van der Waals surface area contributed by atoms with Crippen LogP contribution in [0.2, 0.25) is 0 Å². The Bertz CT molecular complexity index is 445. The standard InChI is InChI=1S/C13H15NOS/c1-13(2,12-8-16-9-14-12)10-4-6-11(15-3)7-5-10/h4-9H,1-3H3. The van der Waals surface area contributed by atoms with Gasteiger partial charge in [-0.2, -0.15) is 0 Å². The van der Waals surface area contributed by atoms with E-state index in [0.29, 0.717) is 0 Å². The lowest BCUT2D eigenvalue weighted by atomic mass is 9.82. The fraction of sp³-hybridized carbons (Fsp3) is 0.308. The van der Waals surface area contributed by atoms with Crippen LogP contribution in [-0.4, -0.2) is 12.1 Å². The highest BCUT2D eigenvalue weighted by atomic mass is 32.1. The van der Waals surface area contributed by atoms with E-state index in [1.54, 1.807) is 18.4 Å². The Morgan fingerprint density at radius 3 is 2.38 bits per heavy atom. The number of benzene rings is 1. The van der Waals surface area contributed by atoms with Gasteiger partial charge in [0.1, 0.15) is 5.75 Å². The van der Waals surface area contributed by atoms with Crippen LogP contribution < -0.4 is 4.74 Å². The van der Waals surface area contributed by atoms with Crippen LogP contribution in [0.25, 0.3) is 0 Å². The van der Waals surface area contributed by atoms with E-state index in [1.165, 1.54) is 5.56 Å². The topological polar surface area (TPSA) is 22.1 Å². The van der Waals surface area contributed by atoms with Gasteiger partial charge in [-0.1, -0.05) is 26.0 Å². The van der Waals surface area contributed by atoms with Gasteiger partial charge >= 0.3 is 0 Å². The molecule has 2 rings (SSSR count). The van der Waals surface area contributed by atoms with E-state index in [1.807, 2.05) is 17.6 Å². The van der Waals surface area contributed by atoms with Gasteiger partial charge in [-0.25, -0.2) is 4.98 Å². The van der Waals surface area contributed by atoms with Gasteiger partial charge in [-0.15, -0.1) is 11.3 Å². The second-order valence-electron chi connectivity index (χ2n) is 4.23. The van der Waals surface area contributed by atoms with E-state index >= 15 is 0 Å². The molecule has 0 aliphatic carbocycles. The molecule has 0 bridgehead atoms. The molecular weight excluding hydrogens is 218 g/mol. The van der Waals surface area contributed by atoms with Crippen LogP contribution >= 0.6 is 11.3 Å². The van der Waals surface area contributed by atoms with Crippen molar-refractivity contribution in [2.24, 2.45) is 0 Å². The maximum Gasteiger partial charge on any atom is 0.118 e. The molecule has 84 valence electrons. The van der Waals surface area contributed by atoms with E-state index in [-0.39, 0.29) is 5.41 Å². The molecule has 0 spiro atoms. The molecule has 16 heavy (non-hydrogen) atoms. The van der Waals surface area contributed by atoms with Gasteiger partial charge in [0.15, 0.2) is 0 Å². The fourth-order valence-corrected chi connectivity index (χ4v) is 2.40. The van der Waals surface area contributed by atoms with Crippen molar-refractivity contribution in [2.75, 3.05) is 7.11 Å². The molecular formula is C13H15NOS. The second-order valence-corrected chi connectivity index (χ2v) is 4.95. The normalized spacial score (nSPS) is 11.4. The number of thiazole rings is 1. The molecule has 1 aromatic carbocycles. The number of rotatable bonds is 3. The lowest BCUT2D eigenvalue weighted by molar-refractivity contribution is 0.414. The van der Waals surface area contributed by atoms with Crippen molar-refractivity contribution in [1.82, 2.24) is 4.98 Å². The molecule has 1 aromatic heterocycles. The van der Waals surface area contributed by atoms with Crippen LogP contribution in [-0.2, 0) is 5.41 Å². The van der Waals surface area contributed by atoms with Gasteiger partial charge in [0.25, 0.3) is 0 Å². The summed E-state index contributed by atoms with van der Waals surface area (Å²) in [6, 6.07) is 8.17. The maximum absolute atomic E-state index is 5.16. The molecule has 0 N–H and O–H groups in total. The van der Waals surface area contributed by atoms with Crippen molar-refractivity contribution in [2.45, 2.75) is 19.3 Å². The summed E-state index contributed by atoms with van der Waals surface area (Å²) in [4.78, 5) is 4.39. The van der Waals surface area contributed by atoms with Crippen molar-refractivity contribution in [1.29, 1.82) is 0 Å². The zero-order chi connectivity index (χ0) is 11.6. The third-order valence-corrected chi connectivity index (χ3v) is 3.47. The van der Waals surface area contributed by atoms with Crippen LogP contribution in [0.15, 0.2) is 35.2 Å².